The predicted molar refractivity (Wildman–Crippen MR) is 268 cm³/mol. The van der Waals surface area contributed by atoms with E-state index in [1.54, 1.807) is 0 Å². The normalized spacial score (nSPS) is 11.0. The van der Waals surface area contributed by atoms with Gasteiger partial charge in [0.2, 0.25) is 0 Å². The fraction of sp³-hybridized carbons (Fsp3) is 0.0526. The Labute approximate surface area is 405 Å². The molecule has 1 radical (unpaired) electrons. The van der Waals surface area contributed by atoms with E-state index in [9.17, 15) is 30.1 Å². The van der Waals surface area contributed by atoms with E-state index < -0.39 is 37.3 Å². The summed E-state index contributed by atoms with van der Waals surface area (Å²) < 4.78 is 0. The molecule has 9 aromatic rings. The number of benzene rings is 9. The zero-order chi connectivity index (χ0) is 46.2. The molecule has 6 nitrogen and oxygen atoms in total. The molecule has 10 heteroatoms. The molecule has 0 aliphatic carbocycles. The molecular formula is C57H51B3CoO6. The van der Waals surface area contributed by atoms with Crippen LogP contribution in [0.2, 0.25) is 0 Å². The minimum absolute atomic E-state index is 0. The van der Waals surface area contributed by atoms with Gasteiger partial charge in [0.15, 0.2) is 0 Å². The molecule has 0 amide bonds. The van der Waals surface area contributed by atoms with E-state index in [0.29, 0.717) is 0 Å². The number of hydrogen-bond acceptors (Lipinski definition) is 6. The first-order valence-electron chi connectivity index (χ1n) is 21.9. The van der Waals surface area contributed by atoms with Crippen molar-refractivity contribution in [1.82, 2.24) is 0 Å². The van der Waals surface area contributed by atoms with Crippen LogP contribution in [-0.4, -0.2) is 51.5 Å². The largest absolute Gasteiger partial charge is 0.472 e. The molecule has 9 aromatic carbocycles. The van der Waals surface area contributed by atoms with Crippen molar-refractivity contribution >= 4 is 21.4 Å². The molecule has 0 fully saturated rings. The van der Waals surface area contributed by atoms with Gasteiger partial charge < -0.3 is 30.1 Å². The molecule has 0 aliphatic heterocycles. The van der Waals surface area contributed by atoms with Gasteiger partial charge in [-0.15, -0.1) is 0 Å². The Bertz CT molecular complexity index is 2160. The molecular weight excluding hydrogens is 872 g/mol. The monoisotopic (exact) mass is 923 g/mol. The third-order valence-corrected chi connectivity index (χ3v) is 12.2. The third kappa shape index (κ3) is 10.4. The van der Waals surface area contributed by atoms with Gasteiger partial charge in [-0.3, -0.25) is 0 Å². The Kier molecular flexibility index (Phi) is 17.7. The van der Waals surface area contributed by atoms with Gasteiger partial charge in [-0.25, -0.2) is 0 Å². The van der Waals surface area contributed by atoms with Crippen LogP contribution < -0.4 is 0 Å². The van der Waals surface area contributed by atoms with E-state index in [1.165, 1.54) is 0 Å². The van der Waals surface area contributed by atoms with Crippen molar-refractivity contribution in [3.05, 3.63) is 323 Å². The first kappa shape index (κ1) is 49.9. The molecule has 9 rings (SSSR count). The standard InChI is InChI=1S/3C19H17BO2.Co/c3*21-20(22)19(16-10-4-1-5-11-16,17-12-6-2-7-13-17)18-14-8-3-9-15-18;/h3*1-15,21-22H;. The van der Waals surface area contributed by atoms with Crippen molar-refractivity contribution in [1.29, 1.82) is 0 Å². The molecule has 0 aromatic heterocycles. The van der Waals surface area contributed by atoms with Crippen molar-refractivity contribution in [2.24, 2.45) is 0 Å². The van der Waals surface area contributed by atoms with Gasteiger partial charge in [-0.1, -0.05) is 273 Å². The van der Waals surface area contributed by atoms with Crippen LogP contribution >= 0.6 is 0 Å². The first-order chi connectivity index (χ1) is 32.3. The fourth-order valence-corrected chi connectivity index (χ4v) is 9.15. The minimum Gasteiger partial charge on any atom is -0.426 e. The Morgan fingerprint density at radius 2 is 0.269 bits per heavy atom. The second-order valence-electron chi connectivity index (χ2n) is 15.8. The molecule has 333 valence electrons. The van der Waals surface area contributed by atoms with E-state index >= 15 is 0 Å². The molecule has 6 N–H and O–H groups in total. The summed E-state index contributed by atoms with van der Waals surface area (Å²) in [4.78, 5) is 0. The second-order valence-corrected chi connectivity index (χ2v) is 15.8. The summed E-state index contributed by atoms with van der Waals surface area (Å²) in [6, 6.07) is 86.5. The van der Waals surface area contributed by atoms with Crippen LogP contribution in [0.15, 0.2) is 273 Å². The molecule has 0 saturated carbocycles. The van der Waals surface area contributed by atoms with Crippen LogP contribution in [0.3, 0.4) is 0 Å². The molecule has 0 heterocycles. The van der Waals surface area contributed by atoms with Crippen molar-refractivity contribution in [2.75, 3.05) is 0 Å². The molecule has 0 saturated heterocycles. The van der Waals surface area contributed by atoms with Crippen molar-refractivity contribution in [2.45, 2.75) is 15.9 Å². The van der Waals surface area contributed by atoms with Gasteiger partial charge in [0.25, 0.3) is 0 Å². The Morgan fingerprint density at radius 1 is 0.179 bits per heavy atom. The van der Waals surface area contributed by atoms with Gasteiger partial charge in [-0.2, -0.15) is 0 Å². The summed E-state index contributed by atoms with van der Waals surface area (Å²) in [6.45, 7) is 0. The van der Waals surface area contributed by atoms with Gasteiger partial charge >= 0.3 is 21.4 Å². The topological polar surface area (TPSA) is 121 Å². The molecule has 0 spiro atoms. The molecule has 0 atom stereocenters. The second kappa shape index (κ2) is 23.8. The van der Waals surface area contributed by atoms with E-state index in [2.05, 4.69) is 0 Å². The number of hydrogen-bond donors (Lipinski definition) is 6. The summed E-state index contributed by atoms with van der Waals surface area (Å²) in [7, 11) is -4.67. The summed E-state index contributed by atoms with van der Waals surface area (Å²) in [5, 5.41) is 59.2. The van der Waals surface area contributed by atoms with E-state index in [4.69, 9.17) is 0 Å². The Morgan fingerprint density at radius 3 is 0.343 bits per heavy atom. The quantitative estimate of drug-likeness (QED) is 0.0538. The predicted octanol–water partition coefficient (Wildman–Crippen LogP) is 9.10. The van der Waals surface area contributed by atoms with Gasteiger partial charge in [-0.05, 0) is 50.1 Å². The average Bonchev–Trinajstić information content (AvgIpc) is 3.38. The summed E-state index contributed by atoms with van der Waals surface area (Å²) in [5.41, 5.74) is 7.65. The maximum Gasteiger partial charge on any atom is 0.472 e. The molecule has 67 heavy (non-hydrogen) atoms. The van der Waals surface area contributed by atoms with E-state index in [-0.39, 0.29) is 16.8 Å². The Hall–Kier alpha value is -6.56. The summed E-state index contributed by atoms with van der Waals surface area (Å²) in [6.07, 6.45) is 0. The van der Waals surface area contributed by atoms with Gasteiger partial charge in [0.1, 0.15) is 0 Å². The summed E-state index contributed by atoms with van der Waals surface area (Å²) in [5.74, 6) is 0. The zero-order valence-corrected chi connectivity index (χ0v) is 37.8. The first-order valence-corrected chi connectivity index (χ1v) is 21.9. The summed E-state index contributed by atoms with van der Waals surface area (Å²) >= 11 is 0. The zero-order valence-electron chi connectivity index (χ0n) is 36.7. The van der Waals surface area contributed by atoms with Crippen LogP contribution in [0.1, 0.15) is 50.1 Å². The van der Waals surface area contributed by atoms with E-state index in [1.807, 2.05) is 273 Å². The average molecular weight is 923 g/mol. The van der Waals surface area contributed by atoms with Crippen molar-refractivity contribution in [3.8, 4) is 0 Å². The van der Waals surface area contributed by atoms with Crippen LogP contribution in [0.5, 0.6) is 0 Å². The maximum atomic E-state index is 10.4. The SMILES string of the molecule is OB(O)C(c1ccccc1)(c1ccccc1)c1ccccc1.OB(O)C(c1ccccc1)(c1ccccc1)c1ccccc1.OB(O)C(c1ccccc1)(c1ccccc1)c1ccccc1.[Co]. The van der Waals surface area contributed by atoms with Gasteiger partial charge in [0.05, 0.1) is 15.9 Å². The van der Waals surface area contributed by atoms with Crippen LogP contribution in [0.4, 0.5) is 0 Å². The number of rotatable bonds is 12. The molecule has 0 aliphatic rings. The van der Waals surface area contributed by atoms with Gasteiger partial charge in [0, 0.05) is 16.8 Å². The van der Waals surface area contributed by atoms with Crippen LogP contribution in [0, 0.1) is 0 Å². The molecule has 0 bridgehead atoms. The Balaban J connectivity index is 0.000000165. The third-order valence-electron chi connectivity index (χ3n) is 12.2. The van der Waals surface area contributed by atoms with Crippen molar-refractivity contribution in [3.63, 3.8) is 0 Å². The minimum atomic E-state index is -1.56. The molecule has 0 unspecified atom stereocenters. The van der Waals surface area contributed by atoms with E-state index in [0.717, 1.165) is 50.1 Å². The maximum absolute atomic E-state index is 10.4. The smallest absolute Gasteiger partial charge is 0.426 e. The van der Waals surface area contributed by atoms with Crippen LogP contribution in [0.25, 0.3) is 0 Å². The fourth-order valence-electron chi connectivity index (χ4n) is 9.15. The van der Waals surface area contributed by atoms with Crippen LogP contribution in [-0.2, 0) is 32.7 Å². The van der Waals surface area contributed by atoms with Crippen molar-refractivity contribution < 1.29 is 46.9 Å².